The number of allylic oxidation sites excluding steroid dienone is 6. The Balaban J connectivity index is 4.19. The Kier molecular flexibility index (Phi) is 12.3. The van der Waals surface area contributed by atoms with Crippen LogP contribution in [-0.4, -0.2) is 27.7 Å². The maximum atomic E-state index is 11.2. The largest absolute Gasteiger partial charge is 0.346 e. The number of hydrogen-bond acceptors (Lipinski definition) is 3. The molecule has 0 aliphatic rings. The van der Waals surface area contributed by atoms with Crippen LogP contribution >= 0.6 is 7.60 Å². The second kappa shape index (κ2) is 12.7. The zero-order chi connectivity index (χ0) is 21.1. The summed E-state index contributed by atoms with van der Waals surface area (Å²) in [5.41, 5.74) is 3.96. The maximum Gasteiger partial charge on any atom is 0.346 e. The van der Waals surface area contributed by atoms with Crippen molar-refractivity contribution in [1.29, 1.82) is 0 Å². The highest BCUT2D eigenvalue weighted by molar-refractivity contribution is 7.93. The molecule has 6 nitrogen and oxygen atoms in total. The Labute approximate surface area is 164 Å². The molecule has 0 aromatic carbocycles. The first-order chi connectivity index (χ1) is 12.3. The number of unbranched alkanes of at least 4 members (excludes halogenated alkanes) is 2. The Morgan fingerprint density at radius 3 is 1.81 bits per heavy atom. The van der Waals surface area contributed by atoms with Gasteiger partial charge in [0.1, 0.15) is 0 Å². The van der Waals surface area contributed by atoms with Gasteiger partial charge in [0.05, 0.1) is 0 Å². The van der Waals surface area contributed by atoms with Gasteiger partial charge in [-0.3, -0.25) is 9.12 Å². The molecule has 0 aromatic heterocycles. The Morgan fingerprint density at radius 2 is 1.37 bits per heavy atom. The van der Waals surface area contributed by atoms with Gasteiger partial charge in [0, 0.05) is 0 Å². The second-order valence-electron chi connectivity index (χ2n) is 7.30. The standard InChI is InChI=1S/C19H35O6PS/c1-16(2)10-8-12-18(4)14-9-13-17(3)11-6-5-7-15-19(26(20,21)22)27(23,24)25/h10-11,14,19H,5-9,12-13,15H2,1-4H3,(H2,20,21,22)(H,23,24,25). The molecule has 0 aliphatic heterocycles. The lowest BCUT2D eigenvalue weighted by Crippen LogP contribution is -2.20. The van der Waals surface area contributed by atoms with Crippen molar-refractivity contribution in [1.82, 2.24) is 0 Å². The third-order valence-electron chi connectivity index (χ3n) is 4.24. The highest BCUT2D eigenvalue weighted by Gasteiger charge is 2.38. The van der Waals surface area contributed by atoms with Gasteiger partial charge in [-0.15, -0.1) is 0 Å². The predicted octanol–water partition coefficient (Wildman–Crippen LogP) is 5.36. The first kappa shape index (κ1) is 26.3. The third kappa shape index (κ3) is 14.0. The fourth-order valence-electron chi connectivity index (χ4n) is 2.64. The minimum Gasteiger partial charge on any atom is -0.323 e. The SMILES string of the molecule is CC(C)=CCCC(C)=CCCC(C)=CCCCCC(P(=O)(O)O)S(=O)(=O)O. The third-order valence-corrected chi connectivity index (χ3v) is 7.79. The van der Waals surface area contributed by atoms with E-state index in [1.807, 2.05) is 6.92 Å². The molecule has 0 bridgehead atoms. The van der Waals surface area contributed by atoms with Gasteiger partial charge >= 0.3 is 7.60 Å². The van der Waals surface area contributed by atoms with Crippen LogP contribution in [0, 0.1) is 0 Å². The van der Waals surface area contributed by atoms with E-state index >= 15 is 0 Å². The highest BCUT2D eigenvalue weighted by Crippen LogP contribution is 2.46. The lowest BCUT2D eigenvalue weighted by Gasteiger charge is -2.14. The zero-order valence-electron chi connectivity index (χ0n) is 16.9. The van der Waals surface area contributed by atoms with E-state index in [4.69, 9.17) is 14.3 Å². The number of hydrogen-bond donors (Lipinski definition) is 3. The van der Waals surface area contributed by atoms with Gasteiger partial charge in [0.15, 0.2) is 4.99 Å². The first-order valence-corrected chi connectivity index (χ1v) is 12.5. The van der Waals surface area contributed by atoms with Gasteiger partial charge in [-0.25, -0.2) is 0 Å². The Bertz CT molecular complexity index is 681. The molecule has 0 radical (unpaired) electrons. The molecule has 1 atom stereocenters. The molecule has 1 unspecified atom stereocenters. The maximum absolute atomic E-state index is 11.2. The van der Waals surface area contributed by atoms with Crippen LogP contribution in [-0.2, 0) is 14.7 Å². The van der Waals surface area contributed by atoms with Crippen molar-refractivity contribution in [2.24, 2.45) is 0 Å². The number of rotatable bonds is 13. The van der Waals surface area contributed by atoms with E-state index in [2.05, 4.69) is 39.0 Å². The van der Waals surface area contributed by atoms with E-state index in [0.717, 1.165) is 25.7 Å². The molecule has 158 valence electrons. The predicted molar refractivity (Wildman–Crippen MR) is 111 cm³/mol. The topological polar surface area (TPSA) is 112 Å². The Morgan fingerprint density at radius 1 is 0.889 bits per heavy atom. The molecule has 0 saturated heterocycles. The summed E-state index contributed by atoms with van der Waals surface area (Å²) in [6.07, 6.45) is 12.0. The van der Waals surface area contributed by atoms with Crippen molar-refractivity contribution in [3.8, 4) is 0 Å². The van der Waals surface area contributed by atoms with E-state index in [1.54, 1.807) is 0 Å². The molecule has 0 aliphatic carbocycles. The van der Waals surface area contributed by atoms with Gasteiger partial charge in [-0.1, -0.05) is 41.4 Å². The molecule has 0 rings (SSSR count). The van der Waals surface area contributed by atoms with E-state index in [-0.39, 0.29) is 6.42 Å². The molecule has 0 heterocycles. The quantitative estimate of drug-likeness (QED) is 0.159. The molecule has 0 saturated carbocycles. The average molecular weight is 423 g/mol. The van der Waals surface area contributed by atoms with Crippen molar-refractivity contribution in [2.45, 2.75) is 84.1 Å². The van der Waals surface area contributed by atoms with Crippen LogP contribution in [0.25, 0.3) is 0 Å². The van der Waals surface area contributed by atoms with Gasteiger partial charge in [0.25, 0.3) is 10.1 Å². The van der Waals surface area contributed by atoms with Gasteiger partial charge < -0.3 is 9.79 Å². The molecule has 8 heteroatoms. The summed E-state index contributed by atoms with van der Waals surface area (Å²) in [4.78, 5) is 16.0. The zero-order valence-corrected chi connectivity index (χ0v) is 18.6. The molecular formula is C19H35O6PS. The summed E-state index contributed by atoms with van der Waals surface area (Å²) in [6, 6.07) is 0. The fourth-order valence-corrected chi connectivity index (χ4v) is 5.01. The van der Waals surface area contributed by atoms with E-state index in [0.29, 0.717) is 19.3 Å². The van der Waals surface area contributed by atoms with Crippen molar-refractivity contribution in [2.75, 3.05) is 0 Å². The monoisotopic (exact) mass is 422 g/mol. The molecular weight excluding hydrogens is 387 g/mol. The average Bonchev–Trinajstić information content (AvgIpc) is 2.47. The summed E-state index contributed by atoms with van der Waals surface area (Å²) < 4.78 is 42.2. The minimum absolute atomic E-state index is 0.246. The second-order valence-corrected chi connectivity index (χ2v) is 11.1. The summed E-state index contributed by atoms with van der Waals surface area (Å²) in [6.45, 7) is 8.39. The molecule has 0 spiro atoms. The summed E-state index contributed by atoms with van der Waals surface area (Å²) in [5, 5.41) is 0. The lowest BCUT2D eigenvalue weighted by atomic mass is 10.1. The summed E-state index contributed by atoms with van der Waals surface area (Å²) in [5.74, 6) is 0. The van der Waals surface area contributed by atoms with Crippen molar-refractivity contribution in [3.05, 3.63) is 34.9 Å². The van der Waals surface area contributed by atoms with Crippen LogP contribution < -0.4 is 0 Å². The first-order valence-electron chi connectivity index (χ1n) is 9.30. The molecule has 0 amide bonds. The summed E-state index contributed by atoms with van der Waals surface area (Å²) in [7, 11) is -9.61. The molecule has 27 heavy (non-hydrogen) atoms. The van der Waals surface area contributed by atoms with E-state index in [1.165, 1.54) is 16.7 Å². The van der Waals surface area contributed by atoms with Crippen LogP contribution in [0.3, 0.4) is 0 Å². The normalized spacial score (nSPS) is 14.9. The van der Waals surface area contributed by atoms with Gasteiger partial charge in [-0.05, 0) is 72.6 Å². The van der Waals surface area contributed by atoms with Crippen molar-refractivity contribution >= 4 is 17.7 Å². The van der Waals surface area contributed by atoms with Crippen LogP contribution in [0.5, 0.6) is 0 Å². The minimum atomic E-state index is -4.87. The van der Waals surface area contributed by atoms with Gasteiger partial charge in [0.2, 0.25) is 0 Å². The van der Waals surface area contributed by atoms with Crippen LogP contribution in [0.4, 0.5) is 0 Å². The van der Waals surface area contributed by atoms with Crippen molar-refractivity contribution < 1.29 is 27.3 Å². The van der Waals surface area contributed by atoms with Gasteiger partial charge in [-0.2, -0.15) is 8.42 Å². The Hall–Kier alpha value is -0.720. The smallest absolute Gasteiger partial charge is 0.323 e. The molecule has 0 aromatic rings. The van der Waals surface area contributed by atoms with E-state index in [9.17, 15) is 13.0 Å². The van der Waals surface area contributed by atoms with Crippen LogP contribution in [0.1, 0.15) is 79.1 Å². The lowest BCUT2D eigenvalue weighted by molar-refractivity contribution is 0.360. The van der Waals surface area contributed by atoms with Crippen LogP contribution in [0.15, 0.2) is 34.9 Å². The van der Waals surface area contributed by atoms with Crippen LogP contribution in [0.2, 0.25) is 0 Å². The van der Waals surface area contributed by atoms with Crippen molar-refractivity contribution in [3.63, 3.8) is 0 Å². The molecule has 3 N–H and O–H groups in total. The highest BCUT2D eigenvalue weighted by atomic mass is 32.2. The molecule has 0 fully saturated rings. The summed E-state index contributed by atoms with van der Waals surface area (Å²) >= 11 is 0. The van der Waals surface area contributed by atoms with E-state index < -0.39 is 22.7 Å². The fraction of sp³-hybridized carbons (Fsp3) is 0.684.